The number of aliphatic hydroxyl groups excluding tert-OH is 1. The van der Waals surface area contributed by atoms with E-state index in [4.69, 9.17) is 0 Å². The minimum Gasteiger partial charge on any atom is -0.392 e. The molecular weight excluding hydrogens is 178 g/mol. The number of rotatable bonds is 6. The smallest absolute Gasteiger partial charge is 0.0662 e. The van der Waals surface area contributed by atoms with Crippen molar-refractivity contribution in [1.82, 2.24) is 15.5 Å². The van der Waals surface area contributed by atoms with Gasteiger partial charge in [0.1, 0.15) is 0 Å². The highest BCUT2D eigenvalue weighted by Crippen LogP contribution is 1.90. The molecule has 3 N–H and O–H groups in total. The normalized spacial score (nSPS) is 21.0. The largest absolute Gasteiger partial charge is 0.392 e. The van der Waals surface area contributed by atoms with Crippen molar-refractivity contribution in [2.45, 2.75) is 19.4 Å². The van der Waals surface area contributed by atoms with Crippen molar-refractivity contribution < 1.29 is 5.11 Å². The van der Waals surface area contributed by atoms with Crippen molar-refractivity contribution in [3.05, 3.63) is 0 Å². The molecule has 4 heteroatoms. The quantitative estimate of drug-likeness (QED) is 0.495. The molecule has 1 saturated heterocycles. The van der Waals surface area contributed by atoms with Crippen molar-refractivity contribution in [2.75, 3.05) is 45.8 Å². The van der Waals surface area contributed by atoms with Crippen molar-refractivity contribution in [1.29, 1.82) is 0 Å². The van der Waals surface area contributed by atoms with Crippen LogP contribution >= 0.6 is 0 Å². The average Bonchev–Trinajstić information content (AvgIpc) is 2.25. The van der Waals surface area contributed by atoms with Crippen LogP contribution in [0.1, 0.15) is 13.3 Å². The molecule has 0 spiro atoms. The Morgan fingerprint density at radius 1 is 1.43 bits per heavy atom. The summed E-state index contributed by atoms with van der Waals surface area (Å²) in [7, 11) is 0. The van der Waals surface area contributed by atoms with Gasteiger partial charge in [-0.05, 0) is 6.42 Å². The van der Waals surface area contributed by atoms with E-state index < -0.39 is 0 Å². The maximum Gasteiger partial charge on any atom is 0.0662 e. The van der Waals surface area contributed by atoms with E-state index in [-0.39, 0.29) is 6.10 Å². The highest BCUT2D eigenvalue weighted by molar-refractivity contribution is 4.68. The van der Waals surface area contributed by atoms with Gasteiger partial charge < -0.3 is 15.7 Å². The van der Waals surface area contributed by atoms with Gasteiger partial charge in [0.05, 0.1) is 6.10 Å². The minimum absolute atomic E-state index is 0.182. The molecule has 0 aromatic heterocycles. The molecule has 0 amide bonds. The third kappa shape index (κ3) is 4.91. The van der Waals surface area contributed by atoms with Crippen LogP contribution in [0.5, 0.6) is 0 Å². The zero-order valence-corrected chi connectivity index (χ0v) is 9.13. The second kappa shape index (κ2) is 7.17. The first kappa shape index (κ1) is 11.9. The van der Waals surface area contributed by atoms with Gasteiger partial charge in [-0.25, -0.2) is 0 Å². The van der Waals surface area contributed by atoms with E-state index in [0.717, 1.165) is 52.2 Å². The molecule has 1 rings (SSSR count). The summed E-state index contributed by atoms with van der Waals surface area (Å²) in [5.41, 5.74) is 0. The molecule has 0 aliphatic carbocycles. The van der Waals surface area contributed by atoms with Gasteiger partial charge in [-0.1, -0.05) is 6.92 Å². The van der Waals surface area contributed by atoms with Crippen LogP contribution in [0.2, 0.25) is 0 Å². The first-order valence-electron chi connectivity index (χ1n) is 5.64. The van der Waals surface area contributed by atoms with E-state index in [1.165, 1.54) is 0 Å². The van der Waals surface area contributed by atoms with Gasteiger partial charge in [0.2, 0.25) is 0 Å². The highest BCUT2D eigenvalue weighted by atomic mass is 16.3. The van der Waals surface area contributed by atoms with Crippen LogP contribution < -0.4 is 10.6 Å². The summed E-state index contributed by atoms with van der Waals surface area (Å²) >= 11 is 0. The zero-order chi connectivity index (χ0) is 10.2. The number of nitrogens with zero attached hydrogens (tertiary/aromatic N) is 1. The molecule has 0 aromatic carbocycles. The van der Waals surface area contributed by atoms with E-state index in [2.05, 4.69) is 15.5 Å². The molecule has 1 atom stereocenters. The average molecular weight is 201 g/mol. The van der Waals surface area contributed by atoms with Gasteiger partial charge in [-0.3, -0.25) is 4.90 Å². The first-order valence-corrected chi connectivity index (χ1v) is 5.64. The first-order chi connectivity index (χ1) is 6.83. The van der Waals surface area contributed by atoms with Crippen LogP contribution in [0.3, 0.4) is 0 Å². The van der Waals surface area contributed by atoms with Crippen LogP contribution in [-0.4, -0.2) is 61.9 Å². The van der Waals surface area contributed by atoms with Crippen LogP contribution in [0.25, 0.3) is 0 Å². The Labute approximate surface area is 86.7 Å². The minimum atomic E-state index is -0.182. The molecule has 1 aliphatic rings. The highest BCUT2D eigenvalue weighted by Gasteiger charge is 2.08. The monoisotopic (exact) mass is 201 g/mol. The summed E-state index contributed by atoms with van der Waals surface area (Å²) in [6.45, 7) is 9.33. The molecule has 1 unspecified atom stereocenters. The maximum atomic E-state index is 9.31. The van der Waals surface area contributed by atoms with E-state index in [0.29, 0.717) is 0 Å². The van der Waals surface area contributed by atoms with Crippen LogP contribution in [0.4, 0.5) is 0 Å². The molecule has 4 nitrogen and oxygen atoms in total. The van der Waals surface area contributed by atoms with Crippen molar-refractivity contribution >= 4 is 0 Å². The van der Waals surface area contributed by atoms with Crippen LogP contribution in [0.15, 0.2) is 0 Å². The van der Waals surface area contributed by atoms with Crippen LogP contribution in [0, 0.1) is 0 Å². The summed E-state index contributed by atoms with van der Waals surface area (Å²) in [6.07, 6.45) is 0.652. The molecule has 1 fully saturated rings. The SMILES string of the molecule is CCC(O)CNCCN1CCNCC1. The fourth-order valence-electron chi connectivity index (χ4n) is 1.58. The molecule has 0 bridgehead atoms. The van der Waals surface area contributed by atoms with E-state index in [1.54, 1.807) is 0 Å². The maximum absolute atomic E-state index is 9.31. The Kier molecular flexibility index (Phi) is 6.10. The predicted molar refractivity (Wildman–Crippen MR) is 58.5 cm³/mol. The third-order valence-corrected chi connectivity index (χ3v) is 2.67. The summed E-state index contributed by atoms with van der Waals surface area (Å²) < 4.78 is 0. The molecule has 14 heavy (non-hydrogen) atoms. The van der Waals surface area contributed by atoms with Crippen molar-refractivity contribution in [3.63, 3.8) is 0 Å². The molecule has 0 radical (unpaired) electrons. The van der Waals surface area contributed by atoms with Crippen molar-refractivity contribution in [3.8, 4) is 0 Å². The molecule has 1 aliphatic heterocycles. The van der Waals surface area contributed by atoms with Gasteiger partial charge in [-0.15, -0.1) is 0 Å². The Morgan fingerprint density at radius 2 is 2.14 bits per heavy atom. The molecule has 0 saturated carbocycles. The Hall–Kier alpha value is -0.160. The number of piperazine rings is 1. The lowest BCUT2D eigenvalue weighted by Crippen LogP contribution is -2.46. The lowest BCUT2D eigenvalue weighted by molar-refractivity contribution is 0.164. The number of aliphatic hydroxyl groups is 1. The summed E-state index contributed by atoms with van der Waals surface area (Å²) in [5, 5.41) is 15.9. The molecule has 84 valence electrons. The fraction of sp³-hybridized carbons (Fsp3) is 1.00. The van der Waals surface area contributed by atoms with E-state index in [9.17, 15) is 5.11 Å². The lowest BCUT2D eigenvalue weighted by atomic mass is 10.3. The van der Waals surface area contributed by atoms with E-state index >= 15 is 0 Å². The second-order valence-electron chi connectivity index (χ2n) is 3.86. The van der Waals surface area contributed by atoms with Gasteiger partial charge in [0.25, 0.3) is 0 Å². The molecule has 0 aromatic rings. The zero-order valence-electron chi connectivity index (χ0n) is 9.13. The van der Waals surface area contributed by atoms with Crippen LogP contribution in [-0.2, 0) is 0 Å². The topological polar surface area (TPSA) is 47.5 Å². The molecular formula is C10H23N3O. The Bertz CT molecular complexity index is 137. The number of nitrogens with one attached hydrogen (secondary N) is 2. The third-order valence-electron chi connectivity index (χ3n) is 2.67. The Morgan fingerprint density at radius 3 is 2.79 bits per heavy atom. The van der Waals surface area contributed by atoms with Crippen molar-refractivity contribution in [2.24, 2.45) is 0 Å². The van der Waals surface area contributed by atoms with Gasteiger partial charge in [0, 0.05) is 45.8 Å². The van der Waals surface area contributed by atoms with Gasteiger partial charge in [-0.2, -0.15) is 0 Å². The van der Waals surface area contributed by atoms with Gasteiger partial charge in [0.15, 0.2) is 0 Å². The standard InChI is InChI=1S/C10H23N3O/c1-2-10(14)9-12-5-8-13-6-3-11-4-7-13/h10-12,14H,2-9H2,1H3. The van der Waals surface area contributed by atoms with E-state index in [1.807, 2.05) is 6.92 Å². The lowest BCUT2D eigenvalue weighted by Gasteiger charge is -2.27. The summed E-state index contributed by atoms with van der Waals surface area (Å²) in [4.78, 5) is 2.45. The Balaban J connectivity index is 1.92. The predicted octanol–water partition coefficient (Wildman–Crippen LogP) is -0.748. The second-order valence-corrected chi connectivity index (χ2v) is 3.86. The fourth-order valence-corrected chi connectivity index (χ4v) is 1.58. The summed E-state index contributed by atoms with van der Waals surface area (Å²) in [5.74, 6) is 0. The summed E-state index contributed by atoms with van der Waals surface area (Å²) in [6, 6.07) is 0. The van der Waals surface area contributed by atoms with Gasteiger partial charge >= 0.3 is 0 Å². The number of hydrogen-bond acceptors (Lipinski definition) is 4. The molecule has 1 heterocycles. The number of hydrogen-bond donors (Lipinski definition) is 3.